The van der Waals surface area contributed by atoms with Gasteiger partial charge in [-0.25, -0.2) is 9.18 Å². The first kappa shape index (κ1) is 19.5. The molecular formula is C21H13FN2O5S. The molecule has 0 unspecified atom stereocenters. The van der Waals surface area contributed by atoms with Crippen molar-refractivity contribution < 1.29 is 28.4 Å². The van der Waals surface area contributed by atoms with Crippen LogP contribution in [0.1, 0.15) is 46.3 Å². The zero-order chi connectivity index (χ0) is 21.4. The lowest BCUT2D eigenvalue weighted by atomic mass is 10.1. The highest BCUT2D eigenvalue weighted by Gasteiger charge is 2.39. The SMILES string of the molecule is Cc1cc(NC(=O)c2cccc(F)c2)sc1C(=O)ON1C(=O)c2ccccc2C1=O. The summed E-state index contributed by atoms with van der Waals surface area (Å²) in [4.78, 5) is 54.7. The Labute approximate surface area is 173 Å². The standard InChI is InChI=1S/C21H13FN2O5S/c1-11-9-16(23-18(25)12-5-4-6-13(22)10-12)30-17(11)21(28)29-24-19(26)14-7-2-3-8-15(14)20(24)27/h2-10H,1H3,(H,23,25). The third-order valence-electron chi connectivity index (χ3n) is 4.36. The van der Waals surface area contributed by atoms with E-state index in [9.17, 15) is 23.6 Å². The van der Waals surface area contributed by atoms with Crippen LogP contribution in [-0.2, 0) is 4.84 Å². The average molecular weight is 424 g/mol. The van der Waals surface area contributed by atoms with E-state index >= 15 is 0 Å². The quantitative estimate of drug-likeness (QED) is 0.643. The van der Waals surface area contributed by atoms with Crippen molar-refractivity contribution in [2.75, 3.05) is 5.32 Å². The Morgan fingerprint density at radius 1 is 1.00 bits per heavy atom. The second-order valence-electron chi connectivity index (χ2n) is 6.42. The summed E-state index contributed by atoms with van der Waals surface area (Å²) < 4.78 is 13.3. The fraction of sp³-hybridized carbons (Fsp3) is 0.0476. The molecule has 1 aromatic heterocycles. The van der Waals surface area contributed by atoms with E-state index in [4.69, 9.17) is 4.84 Å². The Bertz CT molecular complexity index is 1180. The van der Waals surface area contributed by atoms with Gasteiger partial charge in [-0.2, -0.15) is 0 Å². The monoisotopic (exact) mass is 424 g/mol. The molecule has 7 nitrogen and oxygen atoms in total. The smallest absolute Gasteiger partial charge is 0.323 e. The van der Waals surface area contributed by atoms with Crippen LogP contribution in [0.15, 0.2) is 54.6 Å². The van der Waals surface area contributed by atoms with E-state index < -0.39 is 29.5 Å². The Morgan fingerprint density at radius 3 is 2.30 bits per heavy atom. The van der Waals surface area contributed by atoms with Gasteiger partial charge in [0.15, 0.2) is 0 Å². The largest absolute Gasteiger partial charge is 0.374 e. The molecule has 2 heterocycles. The van der Waals surface area contributed by atoms with Crippen molar-refractivity contribution in [3.8, 4) is 0 Å². The molecule has 1 N–H and O–H groups in total. The Morgan fingerprint density at radius 2 is 1.67 bits per heavy atom. The van der Waals surface area contributed by atoms with Crippen LogP contribution in [-0.4, -0.2) is 28.8 Å². The lowest BCUT2D eigenvalue weighted by Gasteiger charge is -2.12. The molecule has 0 fully saturated rings. The molecule has 0 aliphatic carbocycles. The fourth-order valence-electron chi connectivity index (χ4n) is 2.93. The normalized spacial score (nSPS) is 12.7. The van der Waals surface area contributed by atoms with Gasteiger partial charge in [-0.1, -0.05) is 23.3 Å². The molecular weight excluding hydrogens is 411 g/mol. The first-order chi connectivity index (χ1) is 14.3. The number of carbonyl (C=O) groups is 4. The van der Waals surface area contributed by atoms with Gasteiger partial charge in [0.1, 0.15) is 10.7 Å². The van der Waals surface area contributed by atoms with Crippen molar-refractivity contribution in [1.29, 1.82) is 0 Å². The number of carbonyl (C=O) groups excluding carboxylic acids is 4. The van der Waals surface area contributed by atoms with Crippen LogP contribution in [0.25, 0.3) is 0 Å². The van der Waals surface area contributed by atoms with Gasteiger partial charge in [0.25, 0.3) is 17.7 Å². The van der Waals surface area contributed by atoms with E-state index in [2.05, 4.69) is 5.32 Å². The second-order valence-corrected chi connectivity index (χ2v) is 7.47. The Hall–Kier alpha value is -3.85. The topological polar surface area (TPSA) is 92.8 Å². The van der Waals surface area contributed by atoms with E-state index in [-0.39, 0.29) is 21.6 Å². The number of amides is 3. The molecule has 3 amide bonds. The number of rotatable bonds is 4. The average Bonchev–Trinajstić information content (AvgIpc) is 3.21. The summed E-state index contributed by atoms with van der Waals surface area (Å²) >= 11 is 0.915. The van der Waals surface area contributed by atoms with Gasteiger partial charge >= 0.3 is 5.97 Å². The zero-order valence-corrected chi connectivity index (χ0v) is 16.3. The molecule has 0 atom stereocenters. The maximum atomic E-state index is 13.3. The lowest BCUT2D eigenvalue weighted by Crippen LogP contribution is -2.32. The minimum atomic E-state index is -0.904. The molecule has 1 aliphatic rings. The fourth-order valence-corrected chi connectivity index (χ4v) is 3.87. The number of thiophene rings is 1. The Balaban J connectivity index is 1.50. The molecule has 0 spiro atoms. The van der Waals surface area contributed by atoms with Crippen molar-refractivity contribution in [2.24, 2.45) is 0 Å². The van der Waals surface area contributed by atoms with Gasteiger partial charge in [0.05, 0.1) is 16.1 Å². The zero-order valence-electron chi connectivity index (χ0n) is 15.5. The molecule has 0 saturated carbocycles. The molecule has 4 rings (SSSR count). The summed E-state index contributed by atoms with van der Waals surface area (Å²) in [6.07, 6.45) is 0. The van der Waals surface area contributed by atoms with Crippen LogP contribution < -0.4 is 5.32 Å². The van der Waals surface area contributed by atoms with Gasteiger partial charge in [0.2, 0.25) is 0 Å². The highest BCUT2D eigenvalue weighted by atomic mass is 32.1. The highest BCUT2D eigenvalue weighted by molar-refractivity contribution is 7.18. The van der Waals surface area contributed by atoms with Gasteiger partial charge in [-0.05, 0) is 48.9 Å². The molecule has 2 aromatic carbocycles. The van der Waals surface area contributed by atoms with E-state index in [1.807, 2.05) is 0 Å². The molecule has 150 valence electrons. The summed E-state index contributed by atoms with van der Waals surface area (Å²) in [5.41, 5.74) is 0.912. The molecule has 0 bridgehead atoms. The number of benzene rings is 2. The number of hydroxylamine groups is 2. The number of fused-ring (bicyclic) bond motifs is 1. The number of anilines is 1. The third kappa shape index (κ3) is 3.46. The molecule has 3 aromatic rings. The molecule has 1 aliphatic heterocycles. The molecule has 0 saturated heterocycles. The second kappa shape index (κ2) is 7.53. The van der Waals surface area contributed by atoms with Crippen molar-refractivity contribution >= 4 is 40.0 Å². The van der Waals surface area contributed by atoms with Crippen molar-refractivity contribution in [1.82, 2.24) is 5.06 Å². The molecule has 9 heteroatoms. The van der Waals surface area contributed by atoms with Crippen LogP contribution in [0.2, 0.25) is 0 Å². The minimum Gasteiger partial charge on any atom is -0.323 e. The number of nitrogens with one attached hydrogen (secondary N) is 1. The summed E-state index contributed by atoms with van der Waals surface area (Å²) in [6.45, 7) is 1.62. The van der Waals surface area contributed by atoms with Gasteiger partial charge in [0, 0.05) is 5.56 Å². The van der Waals surface area contributed by atoms with E-state index in [1.165, 1.54) is 30.3 Å². The number of halogens is 1. The van der Waals surface area contributed by atoms with Gasteiger partial charge < -0.3 is 10.2 Å². The predicted molar refractivity (Wildman–Crippen MR) is 106 cm³/mol. The first-order valence-corrected chi connectivity index (χ1v) is 9.54. The number of imide groups is 1. The summed E-state index contributed by atoms with van der Waals surface area (Å²) in [5, 5.41) is 3.34. The maximum absolute atomic E-state index is 13.3. The van der Waals surface area contributed by atoms with Crippen LogP contribution in [0.4, 0.5) is 9.39 Å². The molecule has 0 radical (unpaired) electrons. The van der Waals surface area contributed by atoms with Crippen LogP contribution in [0.3, 0.4) is 0 Å². The van der Waals surface area contributed by atoms with E-state index in [0.717, 1.165) is 17.4 Å². The number of hydrogen-bond donors (Lipinski definition) is 1. The van der Waals surface area contributed by atoms with Gasteiger partial charge in [-0.15, -0.1) is 11.3 Å². The number of nitrogens with zero attached hydrogens (tertiary/aromatic N) is 1. The highest BCUT2D eigenvalue weighted by Crippen LogP contribution is 2.29. The summed E-state index contributed by atoms with van der Waals surface area (Å²) in [5.74, 6) is -3.44. The van der Waals surface area contributed by atoms with Crippen LogP contribution >= 0.6 is 11.3 Å². The first-order valence-electron chi connectivity index (χ1n) is 8.72. The lowest BCUT2D eigenvalue weighted by molar-refractivity contribution is -0.0581. The summed E-state index contributed by atoms with van der Waals surface area (Å²) in [6, 6.07) is 12.9. The van der Waals surface area contributed by atoms with Crippen LogP contribution in [0, 0.1) is 12.7 Å². The van der Waals surface area contributed by atoms with E-state index in [1.54, 1.807) is 25.1 Å². The molecule has 30 heavy (non-hydrogen) atoms. The predicted octanol–water partition coefficient (Wildman–Crippen LogP) is 3.82. The number of hydrogen-bond acceptors (Lipinski definition) is 6. The van der Waals surface area contributed by atoms with E-state index in [0.29, 0.717) is 15.6 Å². The number of aryl methyl sites for hydroxylation is 1. The van der Waals surface area contributed by atoms with Crippen molar-refractivity contribution in [2.45, 2.75) is 6.92 Å². The van der Waals surface area contributed by atoms with Crippen LogP contribution in [0.5, 0.6) is 0 Å². The summed E-state index contributed by atoms with van der Waals surface area (Å²) in [7, 11) is 0. The maximum Gasteiger partial charge on any atom is 0.374 e. The van der Waals surface area contributed by atoms with Crippen molar-refractivity contribution in [3.63, 3.8) is 0 Å². The third-order valence-corrected chi connectivity index (χ3v) is 5.49. The van der Waals surface area contributed by atoms with Gasteiger partial charge in [-0.3, -0.25) is 14.4 Å². The minimum absolute atomic E-state index is 0.112. The Kier molecular flexibility index (Phi) is 4.88. The van der Waals surface area contributed by atoms with Crippen molar-refractivity contribution in [3.05, 3.63) is 87.5 Å².